The molecule has 1 atom stereocenters. The normalized spacial score (nSPS) is 14.8. The molecule has 0 aromatic rings. The highest BCUT2D eigenvalue weighted by Crippen LogP contribution is 2.11. The smallest absolute Gasteiger partial charge is 0.104 e. The quantitative estimate of drug-likeness (QED) is 0.615. The van der Waals surface area contributed by atoms with E-state index in [1.54, 1.807) is 0 Å². The number of hydrogen-bond donors (Lipinski definition) is 1. The standard InChI is InChI=1S/C13H26N2O/c1-5-15-13(4,11-14)8-6-9-16-10-7-12(2)3/h12,15H,5-10H2,1-4H3. The molecule has 0 aromatic heterocycles. The molecule has 0 aliphatic heterocycles. The van der Waals surface area contributed by atoms with E-state index in [2.05, 4.69) is 25.2 Å². The van der Waals surface area contributed by atoms with Gasteiger partial charge in [-0.2, -0.15) is 5.26 Å². The fourth-order valence-corrected chi connectivity index (χ4v) is 1.52. The molecule has 1 unspecified atom stereocenters. The van der Waals surface area contributed by atoms with E-state index in [-0.39, 0.29) is 0 Å². The van der Waals surface area contributed by atoms with Crippen LogP contribution >= 0.6 is 0 Å². The molecule has 0 saturated carbocycles. The van der Waals surface area contributed by atoms with Gasteiger partial charge < -0.3 is 4.74 Å². The average Bonchev–Trinajstić information content (AvgIpc) is 2.23. The predicted molar refractivity (Wildman–Crippen MR) is 67.2 cm³/mol. The van der Waals surface area contributed by atoms with E-state index in [1.165, 1.54) is 0 Å². The number of hydrogen-bond acceptors (Lipinski definition) is 3. The molecule has 0 fully saturated rings. The van der Waals surface area contributed by atoms with Crippen LogP contribution in [0.4, 0.5) is 0 Å². The number of nitrogens with one attached hydrogen (secondary N) is 1. The molecule has 0 radical (unpaired) electrons. The van der Waals surface area contributed by atoms with Crippen molar-refractivity contribution in [2.45, 2.75) is 52.5 Å². The summed E-state index contributed by atoms with van der Waals surface area (Å²) in [6.45, 7) is 10.8. The van der Waals surface area contributed by atoms with Crippen LogP contribution in [0.25, 0.3) is 0 Å². The van der Waals surface area contributed by atoms with Crippen LogP contribution in [0.2, 0.25) is 0 Å². The third-order valence-corrected chi connectivity index (χ3v) is 2.62. The number of ether oxygens (including phenoxy) is 1. The third-order valence-electron chi connectivity index (χ3n) is 2.62. The first-order valence-corrected chi connectivity index (χ1v) is 6.28. The van der Waals surface area contributed by atoms with Crippen LogP contribution in [0, 0.1) is 17.2 Å². The van der Waals surface area contributed by atoms with Gasteiger partial charge in [-0.05, 0) is 38.6 Å². The molecular weight excluding hydrogens is 200 g/mol. The number of rotatable bonds is 9. The van der Waals surface area contributed by atoms with Crippen molar-refractivity contribution in [3.05, 3.63) is 0 Å². The first kappa shape index (κ1) is 15.4. The van der Waals surface area contributed by atoms with Crippen molar-refractivity contribution >= 4 is 0 Å². The maximum Gasteiger partial charge on any atom is 0.104 e. The minimum absolute atomic E-state index is 0.393. The third kappa shape index (κ3) is 7.67. The van der Waals surface area contributed by atoms with Crippen molar-refractivity contribution in [3.63, 3.8) is 0 Å². The fraction of sp³-hybridized carbons (Fsp3) is 0.923. The summed E-state index contributed by atoms with van der Waals surface area (Å²) in [7, 11) is 0. The van der Waals surface area contributed by atoms with Crippen molar-refractivity contribution < 1.29 is 4.74 Å². The Labute approximate surface area is 100 Å². The first-order valence-electron chi connectivity index (χ1n) is 6.28. The summed E-state index contributed by atoms with van der Waals surface area (Å²) < 4.78 is 5.53. The lowest BCUT2D eigenvalue weighted by molar-refractivity contribution is 0.116. The Morgan fingerprint density at radius 2 is 2.06 bits per heavy atom. The molecule has 0 spiro atoms. The van der Waals surface area contributed by atoms with E-state index < -0.39 is 5.54 Å². The monoisotopic (exact) mass is 226 g/mol. The Hall–Kier alpha value is -0.590. The lowest BCUT2D eigenvalue weighted by atomic mass is 9.98. The van der Waals surface area contributed by atoms with Crippen molar-refractivity contribution in [2.24, 2.45) is 5.92 Å². The second-order valence-electron chi connectivity index (χ2n) is 4.87. The van der Waals surface area contributed by atoms with Crippen molar-refractivity contribution in [3.8, 4) is 6.07 Å². The minimum Gasteiger partial charge on any atom is -0.381 e. The van der Waals surface area contributed by atoms with Gasteiger partial charge in [0.2, 0.25) is 0 Å². The Kier molecular flexibility index (Phi) is 8.23. The molecule has 0 bridgehead atoms. The van der Waals surface area contributed by atoms with E-state index in [4.69, 9.17) is 10.00 Å². The summed E-state index contributed by atoms with van der Waals surface area (Å²) in [6, 6.07) is 2.32. The molecule has 0 aliphatic carbocycles. The van der Waals surface area contributed by atoms with Gasteiger partial charge in [0.05, 0.1) is 6.07 Å². The second-order valence-corrected chi connectivity index (χ2v) is 4.87. The van der Waals surface area contributed by atoms with Crippen LogP contribution < -0.4 is 5.32 Å². The SMILES string of the molecule is CCNC(C)(C#N)CCCOCCC(C)C. The average molecular weight is 226 g/mol. The zero-order valence-corrected chi connectivity index (χ0v) is 11.2. The molecular formula is C13H26N2O. The lowest BCUT2D eigenvalue weighted by Gasteiger charge is -2.22. The van der Waals surface area contributed by atoms with Gasteiger partial charge in [0.15, 0.2) is 0 Å². The van der Waals surface area contributed by atoms with Gasteiger partial charge in [0.25, 0.3) is 0 Å². The molecule has 3 heteroatoms. The lowest BCUT2D eigenvalue weighted by Crippen LogP contribution is -2.40. The van der Waals surface area contributed by atoms with Gasteiger partial charge in [0.1, 0.15) is 5.54 Å². The van der Waals surface area contributed by atoms with Crippen LogP contribution in [0.5, 0.6) is 0 Å². The van der Waals surface area contributed by atoms with Gasteiger partial charge in [-0.3, -0.25) is 5.32 Å². The topological polar surface area (TPSA) is 45.0 Å². The van der Waals surface area contributed by atoms with Crippen LogP contribution in [-0.4, -0.2) is 25.3 Å². The maximum absolute atomic E-state index is 9.04. The van der Waals surface area contributed by atoms with E-state index in [0.717, 1.165) is 39.0 Å². The molecule has 94 valence electrons. The van der Waals surface area contributed by atoms with Crippen molar-refractivity contribution in [1.82, 2.24) is 5.32 Å². The molecule has 0 saturated heterocycles. The van der Waals surface area contributed by atoms with E-state index in [1.807, 2.05) is 13.8 Å². The Bertz CT molecular complexity index is 210. The highest BCUT2D eigenvalue weighted by molar-refractivity contribution is 5.03. The van der Waals surface area contributed by atoms with Crippen molar-refractivity contribution in [1.29, 1.82) is 5.26 Å². The fourth-order valence-electron chi connectivity index (χ4n) is 1.52. The molecule has 0 heterocycles. The van der Waals surface area contributed by atoms with E-state index in [9.17, 15) is 0 Å². The Balaban J connectivity index is 3.53. The predicted octanol–water partition coefficient (Wildman–Crippen LogP) is 2.72. The van der Waals surface area contributed by atoms with Crippen LogP contribution in [0.1, 0.15) is 47.0 Å². The highest BCUT2D eigenvalue weighted by atomic mass is 16.5. The summed E-state index contributed by atoms with van der Waals surface area (Å²) >= 11 is 0. The van der Waals surface area contributed by atoms with Crippen LogP contribution in [0.3, 0.4) is 0 Å². The van der Waals surface area contributed by atoms with Gasteiger partial charge in [0, 0.05) is 13.2 Å². The summed E-state index contributed by atoms with van der Waals surface area (Å²) in [5.74, 6) is 0.700. The molecule has 0 aliphatic rings. The minimum atomic E-state index is -0.393. The molecule has 3 nitrogen and oxygen atoms in total. The van der Waals surface area contributed by atoms with Gasteiger partial charge in [-0.15, -0.1) is 0 Å². The second kappa shape index (κ2) is 8.55. The van der Waals surface area contributed by atoms with Crippen molar-refractivity contribution in [2.75, 3.05) is 19.8 Å². The summed E-state index contributed by atoms with van der Waals surface area (Å²) in [4.78, 5) is 0. The number of nitrogens with zero attached hydrogens (tertiary/aromatic N) is 1. The molecule has 1 N–H and O–H groups in total. The highest BCUT2D eigenvalue weighted by Gasteiger charge is 2.21. The molecule has 0 rings (SSSR count). The Morgan fingerprint density at radius 3 is 2.56 bits per heavy atom. The van der Waals surface area contributed by atoms with Gasteiger partial charge in [-0.25, -0.2) is 0 Å². The van der Waals surface area contributed by atoms with E-state index in [0.29, 0.717) is 5.92 Å². The molecule has 16 heavy (non-hydrogen) atoms. The zero-order valence-electron chi connectivity index (χ0n) is 11.2. The Morgan fingerprint density at radius 1 is 1.38 bits per heavy atom. The van der Waals surface area contributed by atoms with Gasteiger partial charge in [-0.1, -0.05) is 20.8 Å². The largest absolute Gasteiger partial charge is 0.381 e. The maximum atomic E-state index is 9.04. The van der Waals surface area contributed by atoms with Crippen LogP contribution in [0.15, 0.2) is 0 Å². The summed E-state index contributed by atoms with van der Waals surface area (Å²) in [6.07, 6.45) is 2.90. The van der Waals surface area contributed by atoms with E-state index >= 15 is 0 Å². The molecule has 0 aromatic carbocycles. The summed E-state index contributed by atoms with van der Waals surface area (Å²) in [5.41, 5.74) is -0.393. The zero-order chi connectivity index (χ0) is 12.4. The summed E-state index contributed by atoms with van der Waals surface area (Å²) in [5, 5.41) is 12.2. The first-order chi connectivity index (χ1) is 7.54. The van der Waals surface area contributed by atoms with Crippen LogP contribution in [-0.2, 0) is 4.74 Å². The van der Waals surface area contributed by atoms with Gasteiger partial charge >= 0.3 is 0 Å². The number of nitriles is 1. The molecule has 0 amide bonds.